The van der Waals surface area contributed by atoms with Crippen molar-refractivity contribution in [1.29, 1.82) is 0 Å². The lowest BCUT2D eigenvalue weighted by molar-refractivity contribution is -0.140. The van der Waals surface area contributed by atoms with Gasteiger partial charge in [-0.05, 0) is 19.1 Å². The Labute approximate surface area is 169 Å². The molecule has 2 aromatic heterocycles. The fourth-order valence-corrected chi connectivity index (χ4v) is 3.20. The second kappa shape index (κ2) is 9.08. The zero-order chi connectivity index (χ0) is 20.9. The summed E-state index contributed by atoms with van der Waals surface area (Å²) in [7, 11) is 1.59. The summed E-state index contributed by atoms with van der Waals surface area (Å²) in [5.41, 5.74) is 1.99. The third-order valence-electron chi connectivity index (χ3n) is 4.00. The number of aryl methyl sites for hydroxylation is 1. The van der Waals surface area contributed by atoms with Gasteiger partial charge in [0, 0.05) is 31.0 Å². The number of hydrogen-bond donors (Lipinski definition) is 2. The fourth-order valence-electron chi connectivity index (χ4n) is 2.46. The van der Waals surface area contributed by atoms with E-state index >= 15 is 0 Å². The first kappa shape index (κ1) is 20.8. The Morgan fingerprint density at radius 2 is 1.93 bits per heavy atom. The average Bonchev–Trinajstić information content (AvgIpc) is 3.34. The van der Waals surface area contributed by atoms with Gasteiger partial charge < -0.3 is 15.1 Å². The van der Waals surface area contributed by atoms with Crippen molar-refractivity contribution in [2.45, 2.75) is 26.1 Å². The van der Waals surface area contributed by atoms with Crippen LogP contribution in [0.3, 0.4) is 0 Å². The maximum atomic E-state index is 12.6. The number of guanidine groups is 1. The molecule has 29 heavy (non-hydrogen) atoms. The van der Waals surface area contributed by atoms with Crippen molar-refractivity contribution in [3.63, 3.8) is 0 Å². The zero-order valence-electron chi connectivity index (χ0n) is 15.9. The molecule has 3 rings (SSSR count). The number of thiazole rings is 1. The molecule has 6 nitrogen and oxygen atoms in total. The van der Waals surface area contributed by atoms with Crippen molar-refractivity contribution in [1.82, 2.24) is 20.6 Å². The van der Waals surface area contributed by atoms with Crippen LogP contribution < -0.4 is 10.6 Å². The lowest BCUT2D eigenvalue weighted by atomic mass is 10.1. The largest absolute Gasteiger partial charge is 0.444 e. The highest BCUT2D eigenvalue weighted by Crippen LogP contribution is 2.29. The van der Waals surface area contributed by atoms with Crippen molar-refractivity contribution in [2.75, 3.05) is 13.6 Å². The van der Waals surface area contributed by atoms with Gasteiger partial charge in [-0.1, -0.05) is 17.7 Å². The van der Waals surface area contributed by atoms with Crippen molar-refractivity contribution >= 4 is 17.3 Å². The monoisotopic (exact) mass is 423 g/mol. The lowest BCUT2D eigenvalue weighted by Crippen LogP contribution is -2.37. The lowest BCUT2D eigenvalue weighted by Gasteiger charge is -2.10. The molecule has 0 atom stereocenters. The van der Waals surface area contributed by atoms with Gasteiger partial charge in [0.2, 0.25) is 5.89 Å². The molecule has 0 radical (unpaired) electrons. The Morgan fingerprint density at radius 1 is 1.17 bits per heavy atom. The summed E-state index contributed by atoms with van der Waals surface area (Å²) in [6.07, 6.45) is -2.21. The first-order chi connectivity index (χ1) is 13.8. The van der Waals surface area contributed by atoms with Crippen LogP contribution in [0.1, 0.15) is 22.0 Å². The van der Waals surface area contributed by atoms with Crippen LogP contribution in [-0.2, 0) is 19.1 Å². The summed E-state index contributed by atoms with van der Waals surface area (Å²) in [6, 6.07) is 7.91. The van der Waals surface area contributed by atoms with E-state index in [0.717, 1.165) is 33.5 Å². The predicted molar refractivity (Wildman–Crippen MR) is 106 cm³/mol. The van der Waals surface area contributed by atoms with Gasteiger partial charge in [0.15, 0.2) is 11.7 Å². The Kier molecular flexibility index (Phi) is 6.53. The van der Waals surface area contributed by atoms with Crippen LogP contribution in [0.15, 0.2) is 45.3 Å². The molecule has 2 heterocycles. The molecule has 0 fully saturated rings. The highest BCUT2D eigenvalue weighted by atomic mass is 32.1. The molecule has 0 aliphatic carbocycles. The van der Waals surface area contributed by atoms with Crippen LogP contribution in [0.5, 0.6) is 0 Å². The number of hydrogen-bond acceptors (Lipinski definition) is 5. The van der Waals surface area contributed by atoms with Crippen molar-refractivity contribution in [3.8, 4) is 11.5 Å². The van der Waals surface area contributed by atoms with Gasteiger partial charge in [-0.2, -0.15) is 13.2 Å². The number of benzene rings is 1. The summed E-state index contributed by atoms with van der Waals surface area (Å²) in [6.45, 7) is 2.70. The summed E-state index contributed by atoms with van der Waals surface area (Å²) in [5, 5.41) is 7.38. The fraction of sp³-hybridized carbons (Fsp3) is 0.316. The number of oxazole rings is 1. The summed E-state index contributed by atoms with van der Waals surface area (Å²) in [5.74, 6) is 1.03. The van der Waals surface area contributed by atoms with Crippen LogP contribution in [-0.4, -0.2) is 29.5 Å². The molecule has 0 spiro atoms. The summed E-state index contributed by atoms with van der Waals surface area (Å²) < 4.78 is 43.3. The second-order valence-electron chi connectivity index (χ2n) is 6.24. The molecule has 0 bridgehead atoms. The van der Waals surface area contributed by atoms with Crippen LogP contribution in [0.25, 0.3) is 11.5 Å². The molecule has 1 aromatic carbocycles. The van der Waals surface area contributed by atoms with E-state index in [4.69, 9.17) is 4.42 Å². The van der Waals surface area contributed by atoms with Crippen LogP contribution in [0, 0.1) is 6.92 Å². The number of aromatic nitrogens is 2. The Morgan fingerprint density at radius 3 is 2.59 bits per heavy atom. The topological polar surface area (TPSA) is 75.3 Å². The number of alkyl halides is 3. The van der Waals surface area contributed by atoms with Crippen LogP contribution in [0.2, 0.25) is 0 Å². The minimum atomic E-state index is -4.43. The molecule has 0 saturated carbocycles. The first-order valence-corrected chi connectivity index (χ1v) is 9.70. The average molecular weight is 423 g/mol. The van der Waals surface area contributed by atoms with E-state index in [1.165, 1.54) is 0 Å². The van der Waals surface area contributed by atoms with E-state index in [-0.39, 0.29) is 6.54 Å². The molecular formula is C19H20F3N5OS. The summed E-state index contributed by atoms with van der Waals surface area (Å²) >= 11 is 0.952. The Hall–Kier alpha value is -2.88. The molecule has 0 unspecified atom stereocenters. The van der Waals surface area contributed by atoms with Gasteiger partial charge in [-0.15, -0.1) is 11.3 Å². The van der Waals surface area contributed by atoms with E-state index < -0.39 is 11.9 Å². The molecule has 2 N–H and O–H groups in total. The van der Waals surface area contributed by atoms with Gasteiger partial charge >= 0.3 is 6.18 Å². The highest BCUT2D eigenvalue weighted by Gasteiger charge is 2.33. The van der Waals surface area contributed by atoms with Crippen LogP contribution in [0.4, 0.5) is 13.2 Å². The van der Waals surface area contributed by atoms with E-state index in [9.17, 15) is 13.2 Å². The third-order valence-corrected chi connectivity index (χ3v) is 4.85. The molecule has 3 aromatic rings. The molecule has 0 saturated heterocycles. The summed E-state index contributed by atoms with van der Waals surface area (Å²) in [4.78, 5) is 12.1. The van der Waals surface area contributed by atoms with E-state index in [1.807, 2.05) is 31.2 Å². The smallest absolute Gasteiger partial charge is 0.434 e. The minimum absolute atomic E-state index is 0.155. The Balaban J connectivity index is 1.46. The third kappa shape index (κ3) is 5.80. The number of rotatable bonds is 6. The standard InChI is InChI=1S/C19H20F3N5OS/c1-12-3-5-13(6-4-12)17-26-14(10-28-17)7-8-24-18(23-2)25-9-16-27-15(11-29-16)19(20,21)22/h3-6,10-11H,7-9H2,1-2H3,(H2,23,24,25). The van der Waals surface area contributed by atoms with Gasteiger partial charge in [-0.3, -0.25) is 4.99 Å². The minimum Gasteiger partial charge on any atom is -0.444 e. The maximum absolute atomic E-state index is 12.6. The second-order valence-corrected chi connectivity index (χ2v) is 7.18. The number of halogens is 3. The normalized spacial score (nSPS) is 12.2. The van der Waals surface area contributed by atoms with Crippen molar-refractivity contribution in [3.05, 3.63) is 57.9 Å². The van der Waals surface area contributed by atoms with E-state index in [0.29, 0.717) is 29.8 Å². The molecule has 154 valence electrons. The highest BCUT2D eigenvalue weighted by molar-refractivity contribution is 7.09. The molecule has 0 aliphatic heterocycles. The van der Waals surface area contributed by atoms with Crippen molar-refractivity contribution in [2.24, 2.45) is 4.99 Å². The van der Waals surface area contributed by atoms with Crippen molar-refractivity contribution < 1.29 is 17.6 Å². The Bertz CT molecular complexity index is 963. The number of nitrogens with zero attached hydrogens (tertiary/aromatic N) is 3. The molecular weight excluding hydrogens is 403 g/mol. The van der Waals surface area contributed by atoms with Gasteiger partial charge in [-0.25, -0.2) is 9.97 Å². The van der Waals surface area contributed by atoms with Gasteiger partial charge in [0.25, 0.3) is 0 Å². The van der Waals surface area contributed by atoms with E-state index in [1.54, 1.807) is 13.3 Å². The van der Waals surface area contributed by atoms with E-state index in [2.05, 4.69) is 25.6 Å². The maximum Gasteiger partial charge on any atom is 0.434 e. The number of aliphatic imine (C=N–C) groups is 1. The molecule has 0 aliphatic rings. The van der Waals surface area contributed by atoms with Crippen LogP contribution >= 0.6 is 11.3 Å². The zero-order valence-corrected chi connectivity index (χ0v) is 16.7. The SMILES string of the molecule is CN=C(NCCc1coc(-c2ccc(C)cc2)n1)NCc1nc(C(F)(F)F)cs1. The predicted octanol–water partition coefficient (Wildman–Crippen LogP) is 4.03. The number of nitrogens with one attached hydrogen (secondary N) is 2. The quantitative estimate of drug-likeness (QED) is 0.463. The molecule has 10 heteroatoms. The van der Waals surface area contributed by atoms with Gasteiger partial charge in [0.05, 0.1) is 12.2 Å². The molecule has 0 amide bonds. The van der Waals surface area contributed by atoms with Gasteiger partial charge in [0.1, 0.15) is 11.3 Å². The first-order valence-electron chi connectivity index (χ1n) is 8.82.